The van der Waals surface area contributed by atoms with Gasteiger partial charge >= 0.3 is 0 Å². The lowest BCUT2D eigenvalue weighted by Gasteiger charge is -1.98. The van der Waals surface area contributed by atoms with Crippen molar-refractivity contribution in [1.29, 1.82) is 0 Å². The van der Waals surface area contributed by atoms with Gasteiger partial charge in [0.2, 0.25) is 0 Å². The van der Waals surface area contributed by atoms with Crippen LogP contribution in [0.25, 0.3) is 6.08 Å². The Hall–Kier alpha value is -1.83. The fourth-order valence-electron chi connectivity index (χ4n) is 1.22. The molecule has 0 N–H and O–H groups in total. The summed E-state index contributed by atoms with van der Waals surface area (Å²) in [6, 6.07) is 7.74. The largest absolute Gasteiger partial charge is 0.497 e. The molecule has 0 spiro atoms. The Labute approximate surface area is 103 Å². The van der Waals surface area contributed by atoms with Gasteiger partial charge in [0.25, 0.3) is 0 Å². The lowest BCUT2D eigenvalue weighted by molar-refractivity contribution is -0.117. The molecule has 2 nitrogen and oxygen atoms in total. The highest BCUT2D eigenvalue weighted by Gasteiger charge is 1.99. The number of ether oxygens (including phenoxy) is 1. The molecular weight excluding hydrogens is 212 g/mol. The van der Waals surface area contributed by atoms with E-state index < -0.39 is 0 Å². The number of rotatable bonds is 5. The molecular formula is C15H18O2. The highest BCUT2D eigenvalue weighted by molar-refractivity contribution is 5.91. The molecule has 0 aliphatic rings. The van der Waals surface area contributed by atoms with E-state index in [1.165, 1.54) is 0 Å². The van der Waals surface area contributed by atoms with Crippen molar-refractivity contribution in [3.8, 4) is 5.75 Å². The van der Waals surface area contributed by atoms with Crippen LogP contribution in [0.4, 0.5) is 0 Å². The van der Waals surface area contributed by atoms with E-state index in [2.05, 4.69) is 0 Å². The number of carbonyl (C=O) groups excluding carboxylic acids is 1. The molecule has 0 unspecified atom stereocenters. The van der Waals surface area contributed by atoms with Gasteiger partial charge in [0.15, 0.2) is 5.78 Å². The van der Waals surface area contributed by atoms with Crippen LogP contribution < -0.4 is 4.74 Å². The number of allylic oxidation sites excluding steroid dienone is 3. The average Bonchev–Trinajstić information content (AvgIpc) is 2.35. The van der Waals surface area contributed by atoms with Gasteiger partial charge in [0.05, 0.1) is 7.11 Å². The minimum atomic E-state index is 0.0561. The fraction of sp³-hybridized carbons (Fsp3) is 0.267. The lowest BCUT2D eigenvalue weighted by Crippen LogP contribution is -2.01. The zero-order chi connectivity index (χ0) is 12.7. The Morgan fingerprint density at radius 3 is 2.35 bits per heavy atom. The monoisotopic (exact) mass is 230 g/mol. The number of ketones is 1. The first-order valence-electron chi connectivity index (χ1n) is 5.66. The maximum absolute atomic E-state index is 11.3. The van der Waals surface area contributed by atoms with Gasteiger partial charge in [0.1, 0.15) is 5.75 Å². The van der Waals surface area contributed by atoms with Crippen LogP contribution in [-0.2, 0) is 4.79 Å². The van der Waals surface area contributed by atoms with Crippen molar-refractivity contribution in [1.82, 2.24) is 0 Å². The quantitative estimate of drug-likeness (QED) is 0.571. The molecule has 0 heterocycles. The maximum Gasteiger partial charge on any atom is 0.158 e. The zero-order valence-electron chi connectivity index (χ0n) is 10.5. The van der Waals surface area contributed by atoms with Gasteiger partial charge in [-0.1, -0.05) is 44.2 Å². The second-order valence-electron chi connectivity index (χ2n) is 4.05. The van der Waals surface area contributed by atoms with E-state index in [0.717, 1.165) is 11.3 Å². The first kappa shape index (κ1) is 13.2. The van der Waals surface area contributed by atoms with E-state index in [1.54, 1.807) is 19.3 Å². The minimum Gasteiger partial charge on any atom is -0.497 e. The van der Waals surface area contributed by atoms with Gasteiger partial charge in [-0.25, -0.2) is 0 Å². The highest BCUT2D eigenvalue weighted by Crippen LogP contribution is 2.12. The Morgan fingerprint density at radius 1 is 1.18 bits per heavy atom. The molecule has 0 aliphatic heterocycles. The first-order valence-corrected chi connectivity index (χ1v) is 5.66. The summed E-state index contributed by atoms with van der Waals surface area (Å²) >= 11 is 0. The molecule has 1 aromatic carbocycles. The predicted octanol–water partition coefficient (Wildman–Crippen LogP) is 3.49. The molecule has 1 rings (SSSR count). The van der Waals surface area contributed by atoms with Crippen molar-refractivity contribution in [2.45, 2.75) is 13.8 Å². The fourth-order valence-corrected chi connectivity index (χ4v) is 1.22. The molecule has 0 radical (unpaired) electrons. The Kier molecular flexibility index (Phi) is 5.21. The van der Waals surface area contributed by atoms with Gasteiger partial charge < -0.3 is 4.74 Å². The molecule has 0 amide bonds. The van der Waals surface area contributed by atoms with Crippen LogP contribution >= 0.6 is 0 Å². The third-order valence-electron chi connectivity index (χ3n) is 2.35. The number of methoxy groups -OCH3 is 1. The summed E-state index contributed by atoms with van der Waals surface area (Å²) in [5.41, 5.74) is 1.08. The van der Waals surface area contributed by atoms with Crippen molar-refractivity contribution < 1.29 is 9.53 Å². The zero-order valence-corrected chi connectivity index (χ0v) is 10.5. The molecule has 0 saturated heterocycles. The first-order chi connectivity index (χ1) is 8.13. The van der Waals surface area contributed by atoms with Crippen molar-refractivity contribution >= 4 is 11.9 Å². The SMILES string of the molecule is COc1ccc(/C=C/C=C/C(=O)C(C)C)cc1. The van der Waals surface area contributed by atoms with Crippen molar-refractivity contribution in [3.05, 3.63) is 48.1 Å². The topological polar surface area (TPSA) is 26.3 Å². The summed E-state index contributed by atoms with van der Waals surface area (Å²) in [5.74, 6) is 1.04. The van der Waals surface area contributed by atoms with Crippen LogP contribution in [0.15, 0.2) is 42.5 Å². The molecule has 0 bridgehead atoms. The van der Waals surface area contributed by atoms with E-state index >= 15 is 0 Å². The minimum absolute atomic E-state index is 0.0561. The van der Waals surface area contributed by atoms with Crippen molar-refractivity contribution in [2.75, 3.05) is 7.11 Å². The van der Waals surface area contributed by atoms with Crippen molar-refractivity contribution in [3.63, 3.8) is 0 Å². The Morgan fingerprint density at radius 2 is 1.82 bits per heavy atom. The Bertz CT molecular complexity index is 411. The van der Waals surface area contributed by atoms with E-state index in [0.29, 0.717) is 0 Å². The molecule has 90 valence electrons. The molecule has 2 heteroatoms. The number of hydrogen-bond donors (Lipinski definition) is 0. The third kappa shape index (κ3) is 4.68. The van der Waals surface area contributed by atoms with E-state index in [-0.39, 0.29) is 11.7 Å². The van der Waals surface area contributed by atoms with Crippen molar-refractivity contribution in [2.24, 2.45) is 5.92 Å². The molecule has 0 saturated carbocycles. The van der Waals surface area contributed by atoms with Crippen LogP contribution in [0.2, 0.25) is 0 Å². The molecule has 0 aromatic heterocycles. The summed E-state index contributed by atoms with van der Waals surface area (Å²) in [7, 11) is 1.64. The molecule has 1 aromatic rings. The van der Waals surface area contributed by atoms with Gasteiger partial charge in [-0.2, -0.15) is 0 Å². The van der Waals surface area contributed by atoms with Crippen LogP contribution in [0, 0.1) is 5.92 Å². The Balaban J connectivity index is 2.56. The predicted molar refractivity (Wildman–Crippen MR) is 71.0 cm³/mol. The van der Waals surface area contributed by atoms with Gasteiger partial charge in [-0.05, 0) is 23.8 Å². The molecule has 0 fully saturated rings. The highest BCUT2D eigenvalue weighted by atomic mass is 16.5. The van der Waals surface area contributed by atoms with Crippen LogP contribution in [0.1, 0.15) is 19.4 Å². The molecule has 0 aliphatic carbocycles. The molecule has 17 heavy (non-hydrogen) atoms. The van der Waals surface area contributed by atoms with Gasteiger partial charge in [0, 0.05) is 5.92 Å². The third-order valence-corrected chi connectivity index (χ3v) is 2.35. The van der Waals surface area contributed by atoms with Crippen LogP contribution in [0.5, 0.6) is 5.75 Å². The summed E-state index contributed by atoms with van der Waals surface area (Å²) in [4.78, 5) is 11.3. The normalized spacial score (nSPS) is 11.5. The summed E-state index contributed by atoms with van der Waals surface area (Å²) < 4.78 is 5.07. The van der Waals surface area contributed by atoms with E-state index in [4.69, 9.17) is 4.74 Å². The van der Waals surface area contributed by atoms with Crippen LogP contribution in [-0.4, -0.2) is 12.9 Å². The second-order valence-corrected chi connectivity index (χ2v) is 4.05. The number of benzene rings is 1. The second kappa shape index (κ2) is 6.69. The maximum atomic E-state index is 11.3. The average molecular weight is 230 g/mol. The summed E-state index contributed by atoms with van der Waals surface area (Å²) in [6.07, 6.45) is 7.18. The number of carbonyl (C=O) groups is 1. The van der Waals surface area contributed by atoms with Gasteiger partial charge in [-0.3, -0.25) is 4.79 Å². The summed E-state index contributed by atoms with van der Waals surface area (Å²) in [5, 5.41) is 0. The summed E-state index contributed by atoms with van der Waals surface area (Å²) in [6.45, 7) is 3.78. The standard InChI is InChI=1S/C15H18O2/c1-12(2)15(16)7-5-4-6-13-8-10-14(17-3)11-9-13/h4-12H,1-3H3/b6-4+,7-5+. The van der Waals surface area contributed by atoms with E-state index in [9.17, 15) is 4.79 Å². The van der Waals surface area contributed by atoms with Gasteiger partial charge in [-0.15, -0.1) is 0 Å². The lowest BCUT2D eigenvalue weighted by atomic mass is 10.1. The molecule has 0 atom stereocenters. The number of hydrogen-bond acceptors (Lipinski definition) is 2. The van der Waals surface area contributed by atoms with Crippen LogP contribution in [0.3, 0.4) is 0 Å². The van der Waals surface area contributed by atoms with E-state index in [1.807, 2.05) is 50.3 Å². The smallest absolute Gasteiger partial charge is 0.158 e.